The Bertz CT molecular complexity index is 2860. The fourth-order valence-corrected chi connectivity index (χ4v) is 8.37. The summed E-state index contributed by atoms with van der Waals surface area (Å²) in [7, 11) is 0. The Labute approximate surface area is 414 Å². The number of ketones is 1. The lowest BCUT2D eigenvalue weighted by Gasteiger charge is -2.46. The molecule has 77 heavy (non-hydrogen) atoms. The number of alkyl halides is 24. The lowest BCUT2D eigenvalue weighted by atomic mass is 9.12. The zero-order chi connectivity index (χ0) is 57.9. The van der Waals surface area contributed by atoms with E-state index in [4.69, 9.17) is 0 Å². The van der Waals surface area contributed by atoms with Crippen molar-refractivity contribution in [3.63, 3.8) is 0 Å². The summed E-state index contributed by atoms with van der Waals surface area (Å²) in [5.74, 6) is -0.352. The van der Waals surface area contributed by atoms with Gasteiger partial charge >= 0.3 is 49.4 Å². The predicted molar refractivity (Wildman–Crippen MR) is 225 cm³/mol. The van der Waals surface area contributed by atoms with E-state index in [1.54, 1.807) is 29.0 Å². The quantitative estimate of drug-likeness (QED) is 0.0674. The summed E-state index contributed by atoms with van der Waals surface area (Å²) in [5, 5.41) is 0.786. The van der Waals surface area contributed by atoms with Gasteiger partial charge in [0.05, 0.1) is 44.5 Å². The molecule has 0 amide bonds. The van der Waals surface area contributed by atoms with E-state index in [0.717, 1.165) is 5.39 Å². The number of halogens is 25. The monoisotopic (exact) mass is 1130 g/mol. The van der Waals surface area contributed by atoms with Gasteiger partial charge < -0.3 is 0 Å². The first-order chi connectivity index (χ1) is 35.0. The van der Waals surface area contributed by atoms with E-state index in [-0.39, 0.29) is 18.1 Å². The summed E-state index contributed by atoms with van der Waals surface area (Å²) in [6.07, 6.45) is -53.1. The first-order valence-corrected chi connectivity index (χ1v) is 21.0. The number of carbonyl (C=O) groups excluding carboxylic acids is 1. The number of pyridine rings is 1. The summed E-state index contributed by atoms with van der Waals surface area (Å²) in [5.41, 5.74) is -29.1. The molecule has 0 bridgehead atoms. The molecular formula is C49H25BF25NO. The van der Waals surface area contributed by atoms with Gasteiger partial charge in [0.2, 0.25) is 17.8 Å². The third-order valence-electron chi connectivity index (χ3n) is 11.7. The van der Waals surface area contributed by atoms with Crippen LogP contribution in [-0.2, 0) is 56.0 Å². The van der Waals surface area contributed by atoms with E-state index >= 15 is 0 Å². The number of benzene rings is 6. The number of hydrogen-bond acceptors (Lipinski definition) is 1. The fourth-order valence-electron chi connectivity index (χ4n) is 8.37. The maximum Gasteiger partial charge on any atom is 0.416 e. The zero-order valence-corrected chi connectivity index (χ0v) is 37.4. The van der Waals surface area contributed by atoms with Gasteiger partial charge in [-0.3, -0.25) is 4.79 Å². The molecule has 0 unspecified atom stereocenters. The van der Waals surface area contributed by atoms with Gasteiger partial charge in [0, 0.05) is 17.0 Å². The summed E-state index contributed by atoms with van der Waals surface area (Å²) in [6.45, 7) is 0.127. The third-order valence-corrected chi connectivity index (χ3v) is 11.7. The van der Waals surface area contributed by atoms with Crippen molar-refractivity contribution < 1.29 is 119 Å². The van der Waals surface area contributed by atoms with Crippen molar-refractivity contribution in [3.05, 3.63) is 196 Å². The van der Waals surface area contributed by atoms with E-state index in [1.165, 1.54) is 6.07 Å². The molecule has 0 spiro atoms. The first-order valence-electron chi connectivity index (χ1n) is 21.0. The average Bonchev–Trinajstić information content (AvgIpc) is 3.30. The van der Waals surface area contributed by atoms with Crippen LogP contribution in [-0.4, -0.2) is 11.9 Å². The number of fused-ring (bicyclic) bond motifs is 1. The normalized spacial score (nSPS) is 13.4. The Morgan fingerprint density at radius 1 is 0.351 bits per heavy atom. The van der Waals surface area contributed by atoms with Crippen LogP contribution in [0.3, 0.4) is 0 Å². The van der Waals surface area contributed by atoms with Crippen molar-refractivity contribution >= 4 is 44.7 Å². The van der Waals surface area contributed by atoms with Gasteiger partial charge in [-0.05, 0) is 42.5 Å². The molecule has 410 valence electrons. The van der Waals surface area contributed by atoms with Crippen LogP contribution >= 0.6 is 0 Å². The minimum Gasteiger partial charge on any atom is -0.287 e. The number of para-hydroxylation sites is 1. The molecule has 0 fully saturated rings. The number of nitrogens with zero attached hydrogens (tertiary/aromatic N) is 1. The maximum atomic E-state index is 14.2. The molecule has 0 aliphatic rings. The van der Waals surface area contributed by atoms with Gasteiger partial charge in [-0.25, -0.2) is 0 Å². The van der Waals surface area contributed by atoms with Crippen LogP contribution in [0.25, 0.3) is 10.9 Å². The first kappa shape index (κ1) is 59.0. The number of hydrogen-bond donors (Lipinski definition) is 0. The molecule has 1 heterocycles. The van der Waals surface area contributed by atoms with Crippen LogP contribution in [0.5, 0.6) is 0 Å². The van der Waals surface area contributed by atoms with Crippen molar-refractivity contribution in [1.82, 2.24) is 0 Å². The second-order valence-electron chi connectivity index (χ2n) is 16.8. The molecule has 6 aromatic carbocycles. The van der Waals surface area contributed by atoms with Crippen molar-refractivity contribution in [2.24, 2.45) is 0 Å². The maximum absolute atomic E-state index is 14.2. The number of aromatic nitrogens is 1. The van der Waals surface area contributed by atoms with Crippen LogP contribution in [0.1, 0.15) is 54.9 Å². The number of rotatable bonds is 7. The molecule has 2 nitrogen and oxygen atoms in total. The molecule has 0 saturated heterocycles. The molecule has 0 aliphatic heterocycles. The van der Waals surface area contributed by atoms with E-state index in [2.05, 4.69) is 0 Å². The molecule has 1 aromatic heterocycles. The van der Waals surface area contributed by atoms with E-state index in [0.29, 0.717) is 11.1 Å². The Balaban J connectivity index is 0.000000397. The second kappa shape index (κ2) is 20.3. The highest BCUT2D eigenvalue weighted by Crippen LogP contribution is 2.41. The Hall–Kier alpha value is -7.29. The molecule has 0 atom stereocenters. The Kier molecular flexibility index (Phi) is 15.5. The van der Waals surface area contributed by atoms with Crippen LogP contribution in [0.15, 0.2) is 140 Å². The van der Waals surface area contributed by atoms with E-state index < -0.39 is 195 Å². The third kappa shape index (κ3) is 13.1. The number of carbonyl (C=O) groups is 1. The van der Waals surface area contributed by atoms with Crippen molar-refractivity contribution in [3.8, 4) is 0 Å². The second-order valence-corrected chi connectivity index (χ2v) is 16.8. The van der Waals surface area contributed by atoms with Crippen molar-refractivity contribution in [2.75, 3.05) is 0 Å². The van der Waals surface area contributed by atoms with Gasteiger partial charge in [0.1, 0.15) is 6.15 Å². The fraction of sp³-hybridized carbons (Fsp3) is 0.184. The minimum atomic E-state index is -6.13. The highest BCUT2D eigenvalue weighted by atomic mass is 19.4. The molecular weight excluding hydrogens is 1100 g/mol. The molecule has 0 saturated carbocycles. The smallest absolute Gasteiger partial charge is 0.287 e. The molecule has 0 N–H and O–H groups in total. The Morgan fingerprint density at radius 3 is 0.896 bits per heavy atom. The summed E-state index contributed by atoms with van der Waals surface area (Å²) >= 11 is 0. The van der Waals surface area contributed by atoms with Gasteiger partial charge in [0.15, 0.2) is 12.0 Å². The van der Waals surface area contributed by atoms with Crippen molar-refractivity contribution in [2.45, 2.75) is 56.0 Å². The van der Waals surface area contributed by atoms with Gasteiger partial charge in [-0.1, -0.05) is 84.9 Å². The van der Waals surface area contributed by atoms with Gasteiger partial charge in [-0.15, -0.1) is 0 Å². The minimum absolute atomic E-state index is 0.0358. The average molecular weight is 1130 g/mol. The van der Waals surface area contributed by atoms with E-state index in [9.17, 15) is 115 Å². The lowest BCUT2D eigenvalue weighted by Crippen LogP contribution is -2.75. The number of Topliss-reactive ketones (excluding diaryl/α,β-unsaturated/α-hetero) is 1. The van der Waals surface area contributed by atoms with Gasteiger partial charge in [-0.2, -0.15) is 136 Å². The van der Waals surface area contributed by atoms with Gasteiger partial charge in [0.25, 0.3) is 0 Å². The van der Waals surface area contributed by atoms with Crippen LogP contribution in [0.4, 0.5) is 110 Å². The Morgan fingerprint density at radius 2 is 0.623 bits per heavy atom. The highest BCUT2D eigenvalue weighted by Gasteiger charge is 2.47. The summed E-state index contributed by atoms with van der Waals surface area (Å²) in [6, 6.07) is 8.80. The standard InChI is InChI=1S/C32H12BF24.C17H13FNO/c34-25(35,36)13-1-14(26(37,38)39)6-21(5-13)33(22-7-15(27(40,41)42)2-16(8-22)28(43,44)45,23-9-17(29(46,47)48)3-18(10-23)30(49,50)51)24-11-19(31(52,53)54)4-20(12-24)32(55,56)57;18-15-10-4-8-14-9-5-11-19(17(14)15)12-16(20)13-6-2-1-3-7-13/h1-12H;1-11H,12H2/q-1;+1. The molecule has 0 radical (unpaired) electrons. The molecule has 7 rings (SSSR count). The largest absolute Gasteiger partial charge is 0.416 e. The predicted octanol–water partition coefficient (Wildman–Crippen LogP) is 14.4. The van der Waals surface area contributed by atoms with Crippen molar-refractivity contribution in [1.29, 1.82) is 0 Å². The van der Waals surface area contributed by atoms with E-state index in [1.807, 2.05) is 36.4 Å². The van der Waals surface area contributed by atoms with Crippen LogP contribution < -0.4 is 26.4 Å². The SMILES string of the molecule is FC(F)(F)c1cc([B-](c2cc(C(F)(F)F)cc(C(F)(F)F)c2)(c2cc(C(F)(F)F)cc(C(F)(F)F)c2)c2cc(C(F)(F)F)cc(C(F)(F)F)c2)cc(C(F)(F)F)c1.O=C(C[n+]1cccc2cccc(F)c21)c1ccccc1. The molecule has 0 aliphatic carbocycles. The molecule has 7 aromatic rings. The zero-order valence-electron chi connectivity index (χ0n) is 37.4. The highest BCUT2D eigenvalue weighted by molar-refractivity contribution is 7.20. The van der Waals surface area contributed by atoms with Crippen LogP contribution in [0, 0.1) is 5.82 Å². The van der Waals surface area contributed by atoms with Crippen LogP contribution in [0.2, 0.25) is 0 Å². The summed E-state index contributed by atoms with van der Waals surface area (Å²) in [4.78, 5) is 12.2. The summed E-state index contributed by atoms with van der Waals surface area (Å²) < 4.78 is 356. The lowest BCUT2D eigenvalue weighted by molar-refractivity contribution is -0.658. The topological polar surface area (TPSA) is 20.9 Å². The molecule has 28 heteroatoms.